The number of carboxylic acids is 1. The fourth-order valence-electron chi connectivity index (χ4n) is 2.82. The van der Waals surface area contributed by atoms with Crippen molar-refractivity contribution in [2.75, 3.05) is 0 Å². The molecular formula is C21H18O3. The molecule has 0 aromatic heterocycles. The molecule has 0 radical (unpaired) electrons. The van der Waals surface area contributed by atoms with Crippen LogP contribution in [0.5, 0.6) is 5.75 Å². The first-order valence-electron chi connectivity index (χ1n) is 7.70. The van der Waals surface area contributed by atoms with Crippen LogP contribution in [0.1, 0.15) is 21.5 Å². The Bertz CT molecular complexity index is 859. The molecule has 3 heteroatoms. The number of aryl methyl sites for hydroxylation is 2. The maximum atomic E-state index is 11.5. The van der Waals surface area contributed by atoms with Crippen molar-refractivity contribution in [3.63, 3.8) is 0 Å². The average molecular weight is 318 g/mol. The number of rotatable bonds is 3. The minimum absolute atomic E-state index is 0.0937. The third-order valence-corrected chi connectivity index (χ3v) is 4.02. The first kappa shape index (κ1) is 15.8. The lowest BCUT2D eigenvalue weighted by molar-refractivity contribution is 0.0697. The Labute approximate surface area is 140 Å². The highest BCUT2D eigenvalue weighted by Crippen LogP contribution is 2.39. The largest absolute Gasteiger partial charge is 0.507 e. The molecule has 0 saturated heterocycles. The average Bonchev–Trinajstić information content (AvgIpc) is 2.54. The lowest BCUT2D eigenvalue weighted by Crippen LogP contribution is -1.98. The smallest absolute Gasteiger partial charge is 0.335 e. The van der Waals surface area contributed by atoms with Crippen LogP contribution >= 0.6 is 0 Å². The van der Waals surface area contributed by atoms with Crippen molar-refractivity contribution in [1.82, 2.24) is 0 Å². The minimum Gasteiger partial charge on any atom is -0.507 e. The lowest BCUT2D eigenvalue weighted by Gasteiger charge is -2.13. The fraction of sp³-hybridized carbons (Fsp3) is 0.0952. The van der Waals surface area contributed by atoms with Crippen molar-refractivity contribution in [1.29, 1.82) is 0 Å². The summed E-state index contributed by atoms with van der Waals surface area (Å²) in [4.78, 5) is 11.5. The predicted molar refractivity (Wildman–Crippen MR) is 95.4 cm³/mol. The van der Waals surface area contributed by atoms with Crippen LogP contribution in [0.25, 0.3) is 22.3 Å². The van der Waals surface area contributed by atoms with Crippen LogP contribution < -0.4 is 0 Å². The molecule has 3 nitrogen and oxygen atoms in total. The van der Waals surface area contributed by atoms with Gasteiger partial charge in [-0.3, -0.25) is 0 Å². The number of aromatic carboxylic acids is 1. The molecule has 0 spiro atoms. The summed E-state index contributed by atoms with van der Waals surface area (Å²) in [7, 11) is 0. The van der Waals surface area contributed by atoms with E-state index < -0.39 is 5.97 Å². The summed E-state index contributed by atoms with van der Waals surface area (Å²) in [6.45, 7) is 3.92. The summed E-state index contributed by atoms with van der Waals surface area (Å²) in [6.07, 6.45) is 0. The standard InChI is InChI=1S/C21H18O3/c1-13-5-3-7-15(9-13)18-11-17(21(23)24)12-19(20(18)22)16-8-4-6-14(2)10-16/h3-12,22H,1-2H3,(H,23,24). The maximum Gasteiger partial charge on any atom is 0.335 e. The Hall–Kier alpha value is -3.07. The Kier molecular flexibility index (Phi) is 4.09. The summed E-state index contributed by atoms with van der Waals surface area (Å²) in [5, 5.41) is 20.2. The molecule has 0 atom stereocenters. The first-order valence-corrected chi connectivity index (χ1v) is 7.70. The molecule has 0 aliphatic heterocycles. The molecule has 0 aliphatic rings. The Balaban J connectivity index is 2.29. The normalized spacial score (nSPS) is 10.6. The van der Waals surface area contributed by atoms with Crippen LogP contribution in [0.2, 0.25) is 0 Å². The van der Waals surface area contributed by atoms with E-state index in [0.29, 0.717) is 11.1 Å². The van der Waals surface area contributed by atoms with Gasteiger partial charge in [0, 0.05) is 11.1 Å². The first-order chi connectivity index (χ1) is 11.5. The number of phenolic OH excluding ortho intramolecular Hbond substituents is 1. The highest BCUT2D eigenvalue weighted by Gasteiger charge is 2.16. The van der Waals surface area contributed by atoms with E-state index in [1.54, 1.807) is 0 Å². The van der Waals surface area contributed by atoms with Gasteiger partial charge in [-0.15, -0.1) is 0 Å². The molecule has 0 aliphatic carbocycles. The number of carbonyl (C=O) groups is 1. The second kappa shape index (κ2) is 6.20. The van der Waals surface area contributed by atoms with Crippen molar-refractivity contribution in [2.24, 2.45) is 0 Å². The second-order valence-corrected chi connectivity index (χ2v) is 5.96. The van der Waals surface area contributed by atoms with Crippen molar-refractivity contribution < 1.29 is 15.0 Å². The van der Waals surface area contributed by atoms with E-state index in [1.165, 1.54) is 12.1 Å². The zero-order valence-electron chi connectivity index (χ0n) is 13.6. The minimum atomic E-state index is -1.02. The van der Waals surface area contributed by atoms with Crippen molar-refractivity contribution in [3.05, 3.63) is 77.4 Å². The van der Waals surface area contributed by atoms with Gasteiger partial charge in [-0.25, -0.2) is 4.79 Å². The third kappa shape index (κ3) is 3.01. The van der Waals surface area contributed by atoms with Crippen molar-refractivity contribution in [3.8, 4) is 28.0 Å². The molecule has 2 N–H and O–H groups in total. The summed E-state index contributed by atoms with van der Waals surface area (Å²) >= 11 is 0. The Morgan fingerprint density at radius 3 is 1.62 bits per heavy atom. The van der Waals surface area contributed by atoms with Gasteiger partial charge in [0.25, 0.3) is 0 Å². The second-order valence-electron chi connectivity index (χ2n) is 5.96. The number of hydrogen-bond acceptors (Lipinski definition) is 2. The molecule has 120 valence electrons. The number of aromatic hydroxyl groups is 1. The van der Waals surface area contributed by atoms with Gasteiger partial charge in [0.15, 0.2) is 0 Å². The number of phenols is 1. The maximum absolute atomic E-state index is 11.5. The molecule has 3 rings (SSSR count). The molecule has 3 aromatic rings. The summed E-state index contributed by atoms with van der Waals surface area (Å²) in [5.41, 5.74) is 4.88. The monoisotopic (exact) mass is 318 g/mol. The molecule has 0 heterocycles. The van der Waals surface area contributed by atoms with Gasteiger partial charge in [-0.2, -0.15) is 0 Å². The number of benzene rings is 3. The van der Waals surface area contributed by atoms with Crippen LogP contribution in [0.3, 0.4) is 0 Å². The van der Waals surface area contributed by atoms with E-state index >= 15 is 0 Å². The molecule has 24 heavy (non-hydrogen) atoms. The van der Waals surface area contributed by atoms with E-state index in [1.807, 2.05) is 62.4 Å². The molecule has 0 bridgehead atoms. The predicted octanol–water partition coefficient (Wildman–Crippen LogP) is 5.04. The number of hydrogen-bond donors (Lipinski definition) is 2. The van der Waals surface area contributed by atoms with Crippen molar-refractivity contribution in [2.45, 2.75) is 13.8 Å². The van der Waals surface area contributed by atoms with E-state index in [-0.39, 0.29) is 11.3 Å². The highest BCUT2D eigenvalue weighted by molar-refractivity contribution is 5.94. The molecule has 0 fully saturated rings. The van der Waals surface area contributed by atoms with Crippen LogP contribution in [-0.2, 0) is 0 Å². The lowest BCUT2D eigenvalue weighted by atomic mass is 9.93. The van der Waals surface area contributed by atoms with Gasteiger partial charge < -0.3 is 10.2 Å². The zero-order valence-corrected chi connectivity index (χ0v) is 13.6. The van der Waals surface area contributed by atoms with Crippen LogP contribution in [0.4, 0.5) is 0 Å². The third-order valence-electron chi connectivity index (χ3n) is 4.02. The van der Waals surface area contributed by atoms with Crippen LogP contribution in [0, 0.1) is 13.8 Å². The van der Waals surface area contributed by atoms with E-state index in [2.05, 4.69) is 0 Å². The summed E-state index contributed by atoms with van der Waals surface area (Å²) in [6, 6.07) is 18.3. The topological polar surface area (TPSA) is 57.5 Å². The summed E-state index contributed by atoms with van der Waals surface area (Å²) in [5.74, 6) is -0.922. The SMILES string of the molecule is Cc1cccc(-c2cc(C(=O)O)cc(-c3cccc(C)c3)c2O)c1. The molecule has 0 saturated carbocycles. The van der Waals surface area contributed by atoms with Crippen LogP contribution in [-0.4, -0.2) is 16.2 Å². The van der Waals surface area contributed by atoms with Crippen LogP contribution in [0.15, 0.2) is 60.7 Å². The molecule has 0 amide bonds. The van der Waals surface area contributed by atoms with Gasteiger partial charge in [-0.05, 0) is 37.1 Å². The van der Waals surface area contributed by atoms with Gasteiger partial charge in [0.1, 0.15) is 5.75 Å². The zero-order chi connectivity index (χ0) is 17.3. The summed E-state index contributed by atoms with van der Waals surface area (Å²) < 4.78 is 0. The van der Waals surface area contributed by atoms with E-state index in [9.17, 15) is 15.0 Å². The van der Waals surface area contributed by atoms with E-state index in [4.69, 9.17) is 0 Å². The van der Waals surface area contributed by atoms with Gasteiger partial charge in [0.2, 0.25) is 0 Å². The van der Waals surface area contributed by atoms with Gasteiger partial charge in [0.05, 0.1) is 5.56 Å². The molecule has 3 aromatic carbocycles. The number of carboxylic acid groups (broad SMARTS) is 1. The van der Waals surface area contributed by atoms with Gasteiger partial charge >= 0.3 is 5.97 Å². The fourth-order valence-corrected chi connectivity index (χ4v) is 2.82. The van der Waals surface area contributed by atoms with Gasteiger partial charge in [-0.1, -0.05) is 59.7 Å². The molecule has 0 unspecified atom stereocenters. The van der Waals surface area contributed by atoms with Crippen molar-refractivity contribution >= 4 is 5.97 Å². The highest BCUT2D eigenvalue weighted by atomic mass is 16.4. The quantitative estimate of drug-likeness (QED) is 0.711. The molecular weight excluding hydrogens is 300 g/mol. The Morgan fingerprint density at radius 2 is 1.25 bits per heavy atom. The Morgan fingerprint density at radius 1 is 0.792 bits per heavy atom. The van der Waals surface area contributed by atoms with E-state index in [0.717, 1.165) is 22.3 Å².